The largest absolute Gasteiger partial charge is 0.353 e. The van der Waals surface area contributed by atoms with Crippen molar-refractivity contribution in [2.45, 2.75) is 31.2 Å². The van der Waals surface area contributed by atoms with Gasteiger partial charge in [-0.05, 0) is 48.8 Å². The van der Waals surface area contributed by atoms with E-state index in [9.17, 15) is 8.42 Å². The molecule has 1 saturated carbocycles. The SMILES string of the molecule is CN(c1cccc(NC(=S)NC2(c3ccccc3)CCCC2)c1)S(C)(=O)=O. The van der Waals surface area contributed by atoms with Crippen LogP contribution in [0, 0.1) is 0 Å². The Morgan fingerprint density at radius 3 is 2.37 bits per heavy atom. The van der Waals surface area contributed by atoms with E-state index in [1.165, 1.54) is 36.0 Å². The van der Waals surface area contributed by atoms with Crippen LogP contribution in [0.3, 0.4) is 0 Å². The van der Waals surface area contributed by atoms with Crippen LogP contribution in [-0.2, 0) is 15.6 Å². The normalized spacial score (nSPS) is 15.9. The molecule has 2 aromatic carbocycles. The number of hydrogen-bond acceptors (Lipinski definition) is 3. The summed E-state index contributed by atoms with van der Waals surface area (Å²) in [6.07, 6.45) is 5.59. The number of rotatable bonds is 5. The molecular weight excluding hydrogens is 378 g/mol. The van der Waals surface area contributed by atoms with Gasteiger partial charge in [0.25, 0.3) is 0 Å². The molecule has 144 valence electrons. The highest BCUT2D eigenvalue weighted by Gasteiger charge is 2.36. The Balaban J connectivity index is 1.76. The third-order valence-corrected chi connectivity index (χ3v) is 6.51. The summed E-state index contributed by atoms with van der Waals surface area (Å²) in [5, 5.41) is 7.28. The lowest BCUT2D eigenvalue weighted by atomic mass is 9.88. The number of hydrogen-bond donors (Lipinski definition) is 2. The molecule has 0 heterocycles. The first-order valence-corrected chi connectivity index (χ1v) is 11.2. The van der Waals surface area contributed by atoms with Crippen molar-refractivity contribution in [3.05, 3.63) is 60.2 Å². The average molecular weight is 404 g/mol. The molecule has 0 unspecified atom stereocenters. The van der Waals surface area contributed by atoms with Crippen LogP contribution in [0.5, 0.6) is 0 Å². The first kappa shape index (κ1) is 19.6. The van der Waals surface area contributed by atoms with Crippen molar-refractivity contribution in [3.63, 3.8) is 0 Å². The molecular formula is C20H25N3O2S2. The van der Waals surface area contributed by atoms with Crippen LogP contribution in [0.2, 0.25) is 0 Å². The topological polar surface area (TPSA) is 61.4 Å². The van der Waals surface area contributed by atoms with E-state index in [0.29, 0.717) is 10.8 Å². The maximum atomic E-state index is 11.8. The monoisotopic (exact) mass is 403 g/mol. The van der Waals surface area contributed by atoms with Crippen molar-refractivity contribution in [2.75, 3.05) is 22.9 Å². The number of anilines is 2. The molecule has 5 nitrogen and oxygen atoms in total. The molecule has 0 saturated heterocycles. The van der Waals surface area contributed by atoms with Crippen molar-refractivity contribution in [3.8, 4) is 0 Å². The summed E-state index contributed by atoms with van der Waals surface area (Å²) in [7, 11) is -1.77. The summed E-state index contributed by atoms with van der Waals surface area (Å²) in [6, 6.07) is 17.6. The molecule has 0 spiro atoms. The van der Waals surface area contributed by atoms with Crippen molar-refractivity contribution in [1.82, 2.24) is 5.32 Å². The Morgan fingerprint density at radius 2 is 1.74 bits per heavy atom. The lowest BCUT2D eigenvalue weighted by Gasteiger charge is -2.32. The van der Waals surface area contributed by atoms with Gasteiger partial charge in [0, 0.05) is 12.7 Å². The average Bonchev–Trinajstić information content (AvgIpc) is 3.11. The van der Waals surface area contributed by atoms with Gasteiger partial charge in [0.2, 0.25) is 10.0 Å². The van der Waals surface area contributed by atoms with E-state index in [2.05, 4.69) is 34.9 Å². The fourth-order valence-corrected chi connectivity index (χ4v) is 4.38. The highest BCUT2D eigenvalue weighted by atomic mass is 32.2. The van der Waals surface area contributed by atoms with Crippen LogP contribution in [-0.4, -0.2) is 26.8 Å². The minimum Gasteiger partial charge on any atom is -0.353 e. The number of nitrogens with one attached hydrogen (secondary N) is 2. The Morgan fingerprint density at radius 1 is 1.07 bits per heavy atom. The molecule has 3 rings (SSSR count). The van der Waals surface area contributed by atoms with Crippen molar-refractivity contribution in [1.29, 1.82) is 0 Å². The molecule has 0 amide bonds. The van der Waals surface area contributed by atoms with Crippen LogP contribution in [0.25, 0.3) is 0 Å². The molecule has 2 aromatic rings. The number of nitrogens with zero attached hydrogens (tertiary/aromatic N) is 1. The predicted molar refractivity (Wildman–Crippen MR) is 116 cm³/mol. The highest BCUT2D eigenvalue weighted by Crippen LogP contribution is 2.38. The summed E-state index contributed by atoms with van der Waals surface area (Å²) in [4.78, 5) is 0. The van der Waals surface area contributed by atoms with Crippen molar-refractivity contribution < 1.29 is 8.42 Å². The summed E-state index contributed by atoms with van der Waals surface area (Å²) in [5.41, 5.74) is 2.44. The molecule has 2 N–H and O–H groups in total. The first-order chi connectivity index (χ1) is 12.8. The minimum absolute atomic E-state index is 0.146. The minimum atomic E-state index is -3.31. The third kappa shape index (κ3) is 4.59. The van der Waals surface area contributed by atoms with Gasteiger partial charge < -0.3 is 10.6 Å². The smallest absolute Gasteiger partial charge is 0.231 e. The van der Waals surface area contributed by atoms with E-state index in [-0.39, 0.29) is 5.54 Å². The molecule has 1 fully saturated rings. The lowest BCUT2D eigenvalue weighted by Crippen LogP contribution is -2.45. The molecule has 1 aliphatic carbocycles. The molecule has 0 radical (unpaired) electrons. The van der Waals surface area contributed by atoms with E-state index in [1.54, 1.807) is 12.1 Å². The van der Waals surface area contributed by atoms with Crippen LogP contribution < -0.4 is 14.9 Å². The summed E-state index contributed by atoms with van der Waals surface area (Å²) in [6.45, 7) is 0. The zero-order valence-corrected chi connectivity index (χ0v) is 17.2. The molecule has 0 aliphatic heterocycles. The van der Waals surface area contributed by atoms with Crippen molar-refractivity contribution in [2.24, 2.45) is 0 Å². The van der Waals surface area contributed by atoms with E-state index >= 15 is 0 Å². The van der Waals surface area contributed by atoms with Gasteiger partial charge in [-0.2, -0.15) is 0 Å². The summed E-state index contributed by atoms with van der Waals surface area (Å²) in [5.74, 6) is 0. The van der Waals surface area contributed by atoms with E-state index in [0.717, 1.165) is 18.5 Å². The van der Waals surface area contributed by atoms with E-state index in [1.807, 2.05) is 18.2 Å². The Bertz CT molecular complexity index is 908. The van der Waals surface area contributed by atoms with E-state index < -0.39 is 10.0 Å². The number of sulfonamides is 1. The second kappa shape index (κ2) is 7.86. The van der Waals surface area contributed by atoms with Gasteiger partial charge in [-0.3, -0.25) is 4.31 Å². The van der Waals surface area contributed by atoms with Gasteiger partial charge in [-0.25, -0.2) is 8.42 Å². The van der Waals surface area contributed by atoms with Crippen LogP contribution in [0.15, 0.2) is 54.6 Å². The number of benzene rings is 2. The van der Waals surface area contributed by atoms with E-state index in [4.69, 9.17) is 12.2 Å². The molecule has 1 aliphatic rings. The second-order valence-electron chi connectivity index (χ2n) is 7.02. The Labute approximate surface area is 166 Å². The zero-order chi connectivity index (χ0) is 19.5. The fourth-order valence-electron chi connectivity index (χ4n) is 3.57. The van der Waals surface area contributed by atoms with Gasteiger partial charge in [-0.15, -0.1) is 0 Å². The third-order valence-electron chi connectivity index (χ3n) is 5.10. The predicted octanol–water partition coefficient (Wildman–Crippen LogP) is 3.84. The molecule has 7 heteroatoms. The van der Waals surface area contributed by atoms with Crippen LogP contribution in [0.4, 0.5) is 11.4 Å². The van der Waals surface area contributed by atoms with Gasteiger partial charge in [0.15, 0.2) is 5.11 Å². The quantitative estimate of drug-likeness (QED) is 0.743. The zero-order valence-electron chi connectivity index (χ0n) is 15.6. The van der Waals surface area contributed by atoms with Gasteiger partial charge in [-0.1, -0.05) is 49.2 Å². The molecule has 0 bridgehead atoms. The summed E-state index contributed by atoms with van der Waals surface area (Å²) < 4.78 is 24.8. The standard InChI is InChI=1S/C20H25N3O2S2/c1-23(27(2,24)25)18-12-8-11-17(15-18)21-19(26)22-20(13-6-7-14-20)16-9-4-3-5-10-16/h3-5,8-12,15H,6-7,13-14H2,1-2H3,(H2,21,22,26). The van der Waals surface area contributed by atoms with Crippen LogP contribution >= 0.6 is 12.2 Å². The number of thiocarbonyl (C=S) groups is 1. The second-order valence-corrected chi connectivity index (χ2v) is 9.44. The Kier molecular flexibility index (Phi) is 5.72. The molecule has 0 atom stereocenters. The molecule has 0 aromatic heterocycles. The summed E-state index contributed by atoms with van der Waals surface area (Å²) >= 11 is 5.57. The van der Waals surface area contributed by atoms with Gasteiger partial charge >= 0.3 is 0 Å². The highest BCUT2D eigenvalue weighted by molar-refractivity contribution is 7.92. The molecule has 27 heavy (non-hydrogen) atoms. The maximum absolute atomic E-state index is 11.8. The van der Waals surface area contributed by atoms with Crippen LogP contribution in [0.1, 0.15) is 31.2 Å². The lowest BCUT2D eigenvalue weighted by molar-refractivity contribution is 0.408. The first-order valence-electron chi connectivity index (χ1n) is 8.99. The maximum Gasteiger partial charge on any atom is 0.231 e. The van der Waals surface area contributed by atoms with Gasteiger partial charge in [0.1, 0.15) is 0 Å². The van der Waals surface area contributed by atoms with Crippen molar-refractivity contribution >= 4 is 38.7 Å². The fraction of sp³-hybridized carbons (Fsp3) is 0.350. The Hall–Kier alpha value is -2.12. The van der Waals surface area contributed by atoms with Gasteiger partial charge in [0.05, 0.1) is 17.5 Å².